The Bertz CT molecular complexity index is 864. The smallest absolute Gasteiger partial charge is 0.255 e. The number of carbonyl (C=O) groups is 2. The van der Waals surface area contributed by atoms with E-state index in [0.717, 1.165) is 12.8 Å². The summed E-state index contributed by atoms with van der Waals surface area (Å²) in [5.74, 6) is 0.350. The lowest BCUT2D eigenvalue weighted by molar-refractivity contribution is 0.0927. The van der Waals surface area contributed by atoms with Crippen LogP contribution >= 0.6 is 15.9 Å². The zero-order chi connectivity index (χ0) is 21.3. The fourth-order valence-electron chi connectivity index (χ4n) is 3.42. The fraction of sp³-hybridized carbons (Fsp3) is 0.391. The van der Waals surface area contributed by atoms with Crippen molar-refractivity contribution < 1.29 is 19.1 Å². The summed E-state index contributed by atoms with van der Waals surface area (Å²) in [7, 11) is 1.61. The molecule has 0 unspecified atom stereocenters. The van der Waals surface area contributed by atoms with Gasteiger partial charge in [-0.15, -0.1) is 0 Å². The number of rotatable bonds is 8. The van der Waals surface area contributed by atoms with Gasteiger partial charge < -0.3 is 20.1 Å². The number of nitrogens with one attached hydrogen (secondary N) is 2. The van der Waals surface area contributed by atoms with Crippen molar-refractivity contribution in [2.45, 2.75) is 38.1 Å². The number of carbonyl (C=O) groups excluding carboxylic acids is 2. The number of benzene rings is 2. The highest BCUT2D eigenvalue weighted by molar-refractivity contribution is 9.10. The van der Waals surface area contributed by atoms with Crippen molar-refractivity contribution >= 4 is 33.4 Å². The van der Waals surface area contributed by atoms with E-state index < -0.39 is 0 Å². The molecule has 3 rings (SSSR count). The van der Waals surface area contributed by atoms with Crippen LogP contribution in [-0.4, -0.2) is 38.2 Å². The second-order valence-electron chi connectivity index (χ2n) is 7.33. The monoisotopic (exact) mass is 474 g/mol. The van der Waals surface area contributed by atoms with Crippen LogP contribution in [0.3, 0.4) is 0 Å². The van der Waals surface area contributed by atoms with E-state index in [2.05, 4.69) is 26.6 Å². The Hall–Kier alpha value is -2.38. The Kier molecular flexibility index (Phi) is 8.28. The highest BCUT2D eigenvalue weighted by Crippen LogP contribution is 2.26. The summed E-state index contributed by atoms with van der Waals surface area (Å²) in [6, 6.07) is 12.4. The van der Waals surface area contributed by atoms with Gasteiger partial charge in [-0.2, -0.15) is 0 Å². The molecular weight excluding hydrogens is 448 g/mol. The Morgan fingerprint density at radius 3 is 2.33 bits per heavy atom. The van der Waals surface area contributed by atoms with Crippen molar-refractivity contribution in [3.05, 3.63) is 58.1 Å². The van der Waals surface area contributed by atoms with Gasteiger partial charge in [0.1, 0.15) is 12.4 Å². The molecule has 1 aliphatic rings. The van der Waals surface area contributed by atoms with Gasteiger partial charge in [0, 0.05) is 30.0 Å². The lowest BCUT2D eigenvalue weighted by Crippen LogP contribution is -2.36. The third-order valence-electron chi connectivity index (χ3n) is 5.08. The van der Waals surface area contributed by atoms with Crippen molar-refractivity contribution in [2.75, 3.05) is 25.6 Å². The van der Waals surface area contributed by atoms with Crippen LogP contribution in [0.1, 0.15) is 52.8 Å². The van der Waals surface area contributed by atoms with Crippen molar-refractivity contribution in [2.24, 2.45) is 0 Å². The molecule has 1 aliphatic carbocycles. The first kappa shape index (κ1) is 22.3. The van der Waals surface area contributed by atoms with Gasteiger partial charge in [0.2, 0.25) is 0 Å². The first-order valence-corrected chi connectivity index (χ1v) is 11.0. The van der Waals surface area contributed by atoms with E-state index in [1.54, 1.807) is 49.6 Å². The molecule has 0 atom stereocenters. The second-order valence-corrected chi connectivity index (χ2v) is 8.18. The minimum Gasteiger partial charge on any atom is -0.490 e. The molecule has 160 valence electrons. The number of hydrogen-bond acceptors (Lipinski definition) is 4. The van der Waals surface area contributed by atoms with E-state index in [0.29, 0.717) is 40.3 Å². The van der Waals surface area contributed by atoms with Gasteiger partial charge in [0.05, 0.1) is 11.1 Å². The summed E-state index contributed by atoms with van der Waals surface area (Å²) in [5, 5.41) is 5.95. The lowest BCUT2D eigenvalue weighted by Gasteiger charge is -2.22. The third-order valence-corrected chi connectivity index (χ3v) is 5.70. The quantitative estimate of drug-likeness (QED) is 0.539. The molecule has 2 aromatic rings. The van der Waals surface area contributed by atoms with Crippen LogP contribution in [-0.2, 0) is 4.74 Å². The van der Waals surface area contributed by atoms with Gasteiger partial charge in [-0.05, 0) is 71.2 Å². The molecule has 6 nitrogen and oxygen atoms in total. The van der Waals surface area contributed by atoms with Crippen molar-refractivity contribution in [3.63, 3.8) is 0 Å². The molecule has 2 N–H and O–H groups in total. The first-order chi connectivity index (χ1) is 14.6. The number of anilines is 1. The maximum atomic E-state index is 12.5. The van der Waals surface area contributed by atoms with Gasteiger partial charge in [-0.25, -0.2) is 0 Å². The molecule has 30 heavy (non-hydrogen) atoms. The second kappa shape index (κ2) is 11.1. The van der Waals surface area contributed by atoms with Crippen molar-refractivity contribution in [1.29, 1.82) is 0 Å². The standard InChI is InChI=1S/C23H27BrN2O4/c1-29-13-14-30-21-12-9-17(15-20(21)24)23(28)26-19-10-7-16(8-11-19)22(27)25-18-5-3-2-4-6-18/h7-12,15,18H,2-6,13-14H2,1H3,(H,25,27)(H,26,28). The van der Waals surface area contributed by atoms with E-state index in [9.17, 15) is 9.59 Å². The highest BCUT2D eigenvalue weighted by atomic mass is 79.9. The molecule has 0 saturated heterocycles. The maximum Gasteiger partial charge on any atom is 0.255 e. The molecule has 1 fully saturated rings. The molecule has 0 radical (unpaired) electrons. The summed E-state index contributed by atoms with van der Waals surface area (Å²) in [5.41, 5.74) is 1.73. The molecule has 7 heteroatoms. The zero-order valence-corrected chi connectivity index (χ0v) is 18.7. The molecular formula is C23H27BrN2O4. The fourth-order valence-corrected chi connectivity index (χ4v) is 3.91. The average Bonchev–Trinajstić information content (AvgIpc) is 2.76. The zero-order valence-electron chi connectivity index (χ0n) is 17.1. The van der Waals surface area contributed by atoms with Crippen LogP contribution < -0.4 is 15.4 Å². The normalized spacial score (nSPS) is 14.2. The number of hydrogen-bond donors (Lipinski definition) is 2. The minimum atomic E-state index is -0.237. The molecule has 0 spiro atoms. The summed E-state index contributed by atoms with van der Waals surface area (Å²) < 4.78 is 11.2. The Balaban J connectivity index is 1.56. The number of methoxy groups -OCH3 is 1. The summed E-state index contributed by atoms with van der Waals surface area (Å²) in [4.78, 5) is 25.0. The largest absolute Gasteiger partial charge is 0.490 e. The van der Waals surface area contributed by atoms with Gasteiger partial charge in [0.25, 0.3) is 11.8 Å². The Morgan fingerprint density at radius 2 is 1.67 bits per heavy atom. The molecule has 1 saturated carbocycles. The van der Waals surface area contributed by atoms with Gasteiger partial charge in [0.15, 0.2) is 0 Å². The van der Waals surface area contributed by atoms with E-state index in [1.807, 2.05) is 0 Å². The van der Waals surface area contributed by atoms with E-state index >= 15 is 0 Å². The van der Waals surface area contributed by atoms with Gasteiger partial charge in [-0.3, -0.25) is 9.59 Å². The Labute approximate surface area is 185 Å². The molecule has 0 aromatic heterocycles. The van der Waals surface area contributed by atoms with Crippen LogP contribution in [0, 0.1) is 0 Å². The maximum absolute atomic E-state index is 12.5. The first-order valence-electron chi connectivity index (χ1n) is 10.2. The molecule has 2 amide bonds. The SMILES string of the molecule is COCCOc1ccc(C(=O)Nc2ccc(C(=O)NC3CCCCC3)cc2)cc1Br. The van der Waals surface area contributed by atoms with Crippen LogP contribution in [0.4, 0.5) is 5.69 Å². The van der Waals surface area contributed by atoms with E-state index in [-0.39, 0.29) is 17.9 Å². The number of amides is 2. The van der Waals surface area contributed by atoms with E-state index in [1.165, 1.54) is 19.3 Å². The lowest BCUT2D eigenvalue weighted by atomic mass is 9.95. The highest BCUT2D eigenvalue weighted by Gasteiger charge is 2.17. The van der Waals surface area contributed by atoms with Gasteiger partial charge >= 0.3 is 0 Å². The minimum absolute atomic E-state index is 0.0623. The van der Waals surface area contributed by atoms with E-state index in [4.69, 9.17) is 9.47 Å². The van der Waals surface area contributed by atoms with Crippen molar-refractivity contribution in [1.82, 2.24) is 5.32 Å². The third kappa shape index (κ3) is 6.31. The molecule has 2 aromatic carbocycles. The number of ether oxygens (including phenoxy) is 2. The summed E-state index contributed by atoms with van der Waals surface area (Å²) in [6.07, 6.45) is 5.69. The predicted octanol–water partition coefficient (Wildman–Crippen LogP) is 4.79. The topological polar surface area (TPSA) is 76.7 Å². The summed E-state index contributed by atoms with van der Waals surface area (Å²) in [6.45, 7) is 0.921. The molecule has 0 heterocycles. The average molecular weight is 475 g/mol. The van der Waals surface area contributed by atoms with Crippen LogP contribution in [0.2, 0.25) is 0 Å². The Morgan fingerprint density at radius 1 is 0.967 bits per heavy atom. The predicted molar refractivity (Wildman–Crippen MR) is 120 cm³/mol. The number of halogens is 1. The van der Waals surface area contributed by atoms with Crippen LogP contribution in [0.15, 0.2) is 46.9 Å². The van der Waals surface area contributed by atoms with Crippen molar-refractivity contribution in [3.8, 4) is 5.75 Å². The molecule has 0 bridgehead atoms. The summed E-state index contributed by atoms with van der Waals surface area (Å²) >= 11 is 3.43. The van der Waals surface area contributed by atoms with Crippen LogP contribution in [0.5, 0.6) is 5.75 Å². The van der Waals surface area contributed by atoms with Crippen LogP contribution in [0.25, 0.3) is 0 Å². The molecule has 0 aliphatic heterocycles. The van der Waals surface area contributed by atoms with Gasteiger partial charge in [-0.1, -0.05) is 19.3 Å².